The van der Waals surface area contributed by atoms with Crippen LogP contribution in [0.25, 0.3) is 0 Å². The Morgan fingerprint density at radius 1 is 0.793 bits per heavy atom. The highest BCUT2D eigenvalue weighted by Gasteiger charge is 2.25. The number of aromatic nitrogens is 1. The van der Waals surface area contributed by atoms with Crippen molar-refractivity contribution in [1.82, 2.24) is 14.8 Å². The molecule has 29 heavy (non-hydrogen) atoms. The van der Waals surface area contributed by atoms with Crippen LogP contribution in [-0.2, 0) is 0 Å². The Morgan fingerprint density at radius 3 is 2.14 bits per heavy atom. The molecule has 0 unspecified atom stereocenters. The van der Waals surface area contributed by atoms with Crippen molar-refractivity contribution < 1.29 is 14.0 Å². The van der Waals surface area contributed by atoms with Gasteiger partial charge in [-0.05, 0) is 55.7 Å². The summed E-state index contributed by atoms with van der Waals surface area (Å²) >= 11 is 0. The van der Waals surface area contributed by atoms with E-state index in [1.165, 1.54) is 12.1 Å². The van der Waals surface area contributed by atoms with E-state index in [-0.39, 0.29) is 17.6 Å². The van der Waals surface area contributed by atoms with Crippen LogP contribution in [0.3, 0.4) is 0 Å². The summed E-state index contributed by atoms with van der Waals surface area (Å²) < 4.78 is 13.1. The smallest absolute Gasteiger partial charge is 0.272 e. The van der Waals surface area contributed by atoms with Crippen molar-refractivity contribution in [1.29, 1.82) is 0 Å². The average molecular weight is 396 g/mol. The number of carbonyl (C=O) groups excluding carboxylic acids is 2. The summed E-state index contributed by atoms with van der Waals surface area (Å²) in [5.41, 5.74) is 1.78. The number of hydrogen-bond donors (Lipinski definition) is 0. The number of piperidine rings is 1. The summed E-state index contributed by atoms with van der Waals surface area (Å²) in [6, 6.07) is 9.70. The monoisotopic (exact) mass is 396 g/mol. The molecule has 2 aliphatic heterocycles. The normalized spacial score (nSPS) is 17.3. The minimum atomic E-state index is -0.257. The lowest BCUT2D eigenvalue weighted by atomic mass is 10.1. The summed E-state index contributed by atoms with van der Waals surface area (Å²) in [5, 5.41) is 0. The first-order valence-electron chi connectivity index (χ1n) is 10.2. The van der Waals surface area contributed by atoms with Crippen molar-refractivity contribution in [3.8, 4) is 0 Å². The first-order chi connectivity index (χ1) is 14.1. The Balaban J connectivity index is 1.40. The van der Waals surface area contributed by atoms with E-state index in [4.69, 9.17) is 0 Å². The minimum Gasteiger partial charge on any atom is -0.368 e. The Bertz CT molecular complexity index is 873. The molecule has 2 fully saturated rings. The number of carbonyl (C=O) groups is 2. The van der Waals surface area contributed by atoms with Gasteiger partial charge in [0.05, 0.1) is 0 Å². The molecule has 0 atom stereocenters. The van der Waals surface area contributed by atoms with Crippen molar-refractivity contribution >= 4 is 17.5 Å². The van der Waals surface area contributed by atoms with Crippen LogP contribution in [-0.4, -0.2) is 65.9 Å². The molecule has 0 aliphatic carbocycles. The SMILES string of the molecule is O=C(c1ccnc(C(=O)N2CCN(c3ccc(F)cc3)CC2)c1)N1CCCCC1. The fourth-order valence-corrected chi connectivity index (χ4v) is 3.94. The molecular weight excluding hydrogens is 371 g/mol. The van der Waals surface area contributed by atoms with Crippen molar-refractivity contribution in [2.75, 3.05) is 44.2 Å². The van der Waals surface area contributed by atoms with E-state index in [1.54, 1.807) is 35.4 Å². The van der Waals surface area contributed by atoms with E-state index in [2.05, 4.69) is 9.88 Å². The van der Waals surface area contributed by atoms with E-state index >= 15 is 0 Å². The molecule has 152 valence electrons. The molecule has 0 radical (unpaired) electrons. The van der Waals surface area contributed by atoms with Gasteiger partial charge in [0.2, 0.25) is 0 Å². The maximum Gasteiger partial charge on any atom is 0.272 e. The molecular formula is C22H25FN4O2. The highest BCUT2D eigenvalue weighted by Crippen LogP contribution is 2.18. The molecule has 2 aliphatic rings. The largest absolute Gasteiger partial charge is 0.368 e. The number of rotatable bonds is 3. The molecule has 4 rings (SSSR count). The van der Waals surface area contributed by atoms with E-state index in [0.717, 1.165) is 38.0 Å². The number of hydrogen-bond acceptors (Lipinski definition) is 4. The molecule has 1 aromatic carbocycles. The molecule has 0 saturated carbocycles. The number of benzene rings is 1. The second kappa shape index (κ2) is 8.59. The second-order valence-corrected chi connectivity index (χ2v) is 7.54. The molecule has 2 saturated heterocycles. The van der Waals surface area contributed by atoms with E-state index in [1.807, 2.05) is 4.90 Å². The Morgan fingerprint density at radius 2 is 1.45 bits per heavy atom. The Hall–Kier alpha value is -2.96. The fraction of sp³-hybridized carbons (Fsp3) is 0.409. The number of pyridine rings is 1. The third-order valence-corrected chi connectivity index (χ3v) is 5.63. The van der Waals surface area contributed by atoms with Gasteiger partial charge in [0, 0.05) is 56.7 Å². The van der Waals surface area contributed by atoms with Crippen LogP contribution >= 0.6 is 0 Å². The van der Waals surface area contributed by atoms with Crippen LogP contribution in [0, 0.1) is 5.82 Å². The van der Waals surface area contributed by atoms with Gasteiger partial charge in [0.15, 0.2) is 0 Å². The van der Waals surface area contributed by atoms with E-state index in [0.29, 0.717) is 37.4 Å². The first kappa shape index (κ1) is 19.4. The van der Waals surface area contributed by atoms with E-state index in [9.17, 15) is 14.0 Å². The standard InChI is InChI=1S/C22H25FN4O2/c23-18-4-6-19(7-5-18)25-12-14-27(15-13-25)22(29)20-16-17(8-9-24-20)21(28)26-10-2-1-3-11-26/h4-9,16H,1-3,10-15H2. The summed E-state index contributed by atoms with van der Waals surface area (Å²) in [6.07, 6.45) is 4.76. The van der Waals surface area contributed by atoms with Gasteiger partial charge >= 0.3 is 0 Å². The molecule has 3 heterocycles. The highest BCUT2D eigenvalue weighted by atomic mass is 19.1. The Labute approximate surface area is 169 Å². The average Bonchev–Trinajstić information content (AvgIpc) is 2.79. The molecule has 0 spiro atoms. The molecule has 1 aromatic heterocycles. The topological polar surface area (TPSA) is 56.8 Å². The maximum atomic E-state index is 13.1. The van der Waals surface area contributed by atoms with Crippen LogP contribution in [0.2, 0.25) is 0 Å². The molecule has 2 amide bonds. The van der Waals surface area contributed by atoms with Crippen LogP contribution in [0.5, 0.6) is 0 Å². The summed E-state index contributed by atoms with van der Waals surface area (Å²) in [4.78, 5) is 35.6. The third kappa shape index (κ3) is 4.39. The quantitative estimate of drug-likeness (QED) is 0.801. The zero-order valence-corrected chi connectivity index (χ0v) is 16.4. The van der Waals surface area contributed by atoms with Gasteiger partial charge in [-0.25, -0.2) is 4.39 Å². The second-order valence-electron chi connectivity index (χ2n) is 7.54. The number of amides is 2. The van der Waals surface area contributed by atoms with Gasteiger partial charge < -0.3 is 14.7 Å². The Kier molecular flexibility index (Phi) is 5.74. The van der Waals surface area contributed by atoms with Gasteiger partial charge in [0.1, 0.15) is 11.5 Å². The van der Waals surface area contributed by atoms with Crippen LogP contribution in [0.15, 0.2) is 42.6 Å². The summed E-state index contributed by atoms with van der Waals surface area (Å²) in [6.45, 7) is 4.00. The van der Waals surface area contributed by atoms with Crippen molar-refractivity contribution in [2.24, 2.45) is 0 Å². The lowest BCUT2D eigenvalue weighted by Gasteiger charge is -2.36. The zero-order chi connectivity index (χ0) is 20.2. The summed E-state index contributed by atoms with van der Waals surface area (Å²) in [5.74, 6) is -0.438. The van der Waals surface area contributed by atoms with Crippen molar-refractivity contribution in [2.45, 2.75) is 19.3 Å². The lowest BCUT2D eigenvalue weighted by Crippen LogP contribution is -2.49. The predicted octanol–water partition coefficient (Wildman–Crippen LogP) is 2.81. The van der Waals surface area contributed by atoms with Crippen molar-refractivity contribution in [3.63, 3.8) is 0 Å². The number of halogens is 1. The van der Waals surface area contributed by atoms with E-state index < -0.39 is 0 Å². The third-order valence-electron chi connectivity index (χ3n) is 5.63. The fourth-order valence-electron chi connectivity index (χ4n) is 3.94. The minimum absolute atomic E-state index is 0.0257. The van der Waals surface area contributed by atoms with Crippen LogP contribution in [0.4, 0.5) is 10.1 Å². The van der Waals surface area contributed by atoms with Crippen LogP contribution < -0.4 is 4.90 Å². The van der Waals surface area contributed by atoms with Gasteiger partial charge in [-0.3, -0.25) is 14.6 Å². The zero-order valence-electron chi connectivity index (χ0n) is 16.4. The van der Waals surface area contributed by atoms with Gasteiger partial charge in [-0.2, -0.15) is 0 Å². The first-order valence-corrected chi connectivity index (χ1v) is 10.2. The number of likely N-dealkylation sites (tertiary alicyclic amines) is 1. The number of piperazine rings is 1. The molecule has 6 nitrogen and oxygen atoms in total. The van der Waals surface area contributed by atoms with Gasteiger partial charge in [0.25, 0.3) is 11.8 Å². The lowest BCUT2D eigenvalue weighted by molar-refractivity contribution is 0.0724. The van der Waals surface area contributed by atoms with Gasteiger partial charge in [-0.15, -0.1) is 0 Å². The molecule has 7 heteroatoms. The van der Waals surface area contributed by atoms with Gasteiger partial charge in [-0.1, -0.05) is 0 Å². The van der Waals surface area contributed by atoms with Crippen LogP contribution in [0.1, 0.15) is 40.1 Å². The number of anilines is 1. The molecule has 0 N–H and O–H groups in total. The number of nitrogens with zero attached hydrogens (tertiary/aromatic N) is 4. The molecule has 0 bridgehead atoms. The molecule has 2 aromatic rings. The maximum absolute atomic E-state index is 13.1. The van der Waals surface area contributed by atoms with Crippen molar-refractivity contribution in [3.05, 3.63) is 59.7 Å². The highest BCUT2D eigenvalue weighted by molar-refractivity contribution is 5.98. The predicted molar refractivity (Wildman–Crippen MR) is 109 cm³/mol. The summed E-state index contributed by atoms with van der Waals surface area (Å²) in [7, 11) is 0.